The average Bonchev–Trinajstić information content (AvgIpc) is 3.35. The first-order chi connectivity index (χ1) is 15.2. The van der Waals surface area contributed by atoms with Gasteiger partial charge in [0.05, 0.1) is 22.7 Å². The zero-order valence-electron chi connectivity index (χ0n) is 17.2. The first-order valence-corrected chi connectivity index (χ1v) is 11.4. The number of aromatic amines is 1. The highest BCUT2D eigenvalue weighted by atomic mass is 32.2. The maximum atomic E-state index is 15.1. The molecule has 166 valence electrons. The van der Waals surface area contributed by atoms with Crippen molar-refractivity contribution in [3.8, 4) is 11.3 Å². The lowest BCUT2D eigenvalue weighted by Gasteiger charge is -2.11. The van der Waals surface area contributed by atoms with Crippen molar-refractivity contribution in [3.05, 3.63) is 65.6 Å². The molecule has 11 heteroatoms. The summed E-state index contributed by atoms with van der Waals surface area (Å²) in [5.74, 6) is -3.56. The summed E-state index contributed by atoms with van der Waals surface area (Å²) in [6.07, 6.45) is 4.94. The Morgan fingerprint density at radius 3 is 2.72 bits per heavy atom. The third-order valence-electron chi connectivity index (χ3n) is 4.84. The van der Waals surface area contributed by atoms with E-state index in [2.05, 4.69) is 19.8 Å². The Labute approximate surface area is 182 Å². The van der Waals surface area contributed by atoms with Crippen molar-refractivity contribution >= 4 is 32.5 Å². The van der Waals surface area contributed by atoms with Crippen LogP contribution in [0.3, 0.4) is 0 Å². The molecule has 0 unspecified atom stereocenters. The fourth-order valence-electron chi connectivity index (χ4n) is 3.36. The van der Waals surface area contributed by atoms with Gasteiger partial charge in [0.15, 0.2) is 5.82 Å². The van der Waals surface area contributed by atoms with Crippen LogP contribution >= 0.6 is 0 Å². The quantitative estimate of drug-likeness (QED) is 0.410. The van der Waals surface area contributed by atoms with Gasteiger partial charge in [0.25, 0.3) is 0 Å². The number of hydrogen-bond donors (Lipinski definition) is 2. The van der Waals surface area contributed by atoms with Crippen molar-refractivity contribution in [1.82, 2.24) is 19.7 Å². The smallest absolute Gasteiger partial charge is 0.232 e. The molecule has 0 aliphatic rings. The summed E-state index contributed by atoms with van der Waals surface area (Å²) < 4.78 is 57.3. The summed E-state index contributed by atoms with van der Waals surface area (Å²) in [4.78, 5) is 20.2. The van der Waals surface area contributed by atoms with Crippen LogP contribution in [0.15, 0.2) is 42.9 Å². The van der Waals surface area contributed by atoms with Crippen LogP contribution in [-0.2, 0) is 17.1 Å². The molecule has 4 rings (SSSR count). The van der Waals surface area contributed by atoms with Gasteiger partial charge in [-0.05, 0) is 30.7 Å². The molecule has 0 amide bonds. The molecule has 8 nitrogen and oxygen atoms in total. The molecule has 0 aliphatic heterocycles. The molecule has 0 spiro atoms. The minimum atomic E-state index is -3.83. The lowest BCUT2D eigenvalue weighted by Crippen LogP contribution is -2.18. The van der Waals surface area contributed by atoms with Crippen LogP contribution in [0, 0.1) is 11.6 Å². The first-order valence-electron chi connectivity index (χ1n) is 9.70. The van der Waals surface area contributed by atoms with E-state index in [1.807, 2.05) is 0 Å². The second kappa shape index (κ2) is 8.15. The van der Waals surface area contributed by atoms with Crippen LogP contribution in [0.2, 0.25) is 0 Å². The SMILES string of the molecule is CCCS(=O)(=O)Nc1ccc(F)c(C(=O)c2c[nH]c3ncc(-c4ccn(C)n4)cc23)c1F. The minimum absolute atomic E-state index is 0.00311. The number of H-pyrrole nitrogens is 1. The number of nitrogens with zero attached hydrogens (tertiary/aromatic N) is 3. The largest absolute Gasteiger partial charge is 0.345 e. The van der Waals surface area contributed by atoms with Gasteiger partial charge >= 0.3 is 0 Å². The van der Waals surface area contributed by atoms with Crippen LogP contribution in [-0.4, -0.2) is 39.7 Å². The number of anilines is 1. The van der Waals surface area contributed by atoms with Crippen LogP contribution in [0.25, 0.3) is 22.3 Å². The summed E-state index contributed by atoms with van der Waals surface area (Å²) in [5, 5.41) is 4.65. The molecule has 32 heavy (non-hydrogen) atoms. The molecular formula is C21H19F2N5O3S. The Balaban J connectivity index is 1.78. The number of benzene rings is 1. The average molecular weight is 459 g/mol. The second-order valence-electron chi connectivity index (χ2n) is 7.23. The van der Waals surface area contributed by atoms with E-state index >= 15 is 4.39 Å². The van der Waals surface area contributed by atoms with Gasteiger partial charge < -0.3 is 4.98 Å². The van der Waals surface area contributed by atoms with Gasteiger partial charge in [0.2, 0.25) is 15.8 Å². The molecule has 0 fully saturated rings. The van der Waals surface area contributed by atoms with E-state index in [0.717, 1.165) is 12.1 Å². The van der Waals surface area contributed by atoms with E-state index in [-0.39, 0.29) is 11.3 Å². The molecule has 1 aromatic carbocycles. The molecule has 0 saturated carbocycles. The predicted molar refractivity (Wildman–Crippen MR) is 116 cm³/mol. The molecule has 0 saturated heterocycles. The van der Waals surface area contributed by atoms with Crippen LogP contribution < -0.4 is 4.72 Å². The fraction of sp³-hybridized carbons (Fsp3) is 0.190. The molecule has 0 aliphatic carbocycles. The Morgan fingerprint density at radius 2 is 2.03 bits per heavy atom. The monoisotopic (exact) mass is 459 g/mol. The molecular weight excluding hydrogens is 440 g/mol. The highest BCUT2D eigenvalue weighted by Crippen LogP contribution is 2.29. The molecule has 0 radical (unpaired) electrons. The molecule has 3 aromatic heterocycles. The van der Waals surface area contributed by atoms with Gasteiger partial charge in [-0.2, -0.15) is 5.10 Å². The molecule has 0 atom stereocenters. The van der Waals surface area contributed by atoms with Gasteiger partial charge in [-0.25, -0.2) is 22.2 Å². The van der Waals surface area contributed by atoms with Gasteiger partial charge in [0, 0.05) is 42.2 Å². The van der Waals surface area contributed by atoms with E-state index in [1.165, 1.54) is 6.20 Å². The third-order valence-corrected chi connectivity index (χ3v) is 6.32. The number of aryl methyl sites for hydroxylation is 1. The number of carbonyl (C=O) groups excluding carboxylic acids is 1. The van der Waals surface area contributed by atoms with E-state index in [4.69, 9.17) is 0 Å². The van der Waals surface area contributed by atoms with Crippen LogP contribution in [0.5, 0.6) is 0 Å². The van der Waals surface area contributed by atoms with Gasteiger partial charge in [0.1, 0.15) is 11.5 Å². The Kier molecular flexibility index (Phi) is 5.51. The van der Waals surface area contributed by atoms with Crippen molar-refractivity contribution in [3.63, 3.8) is 0 Å². The molecule has 3 heterocycles. The number of aromatic nitrogens is 4. The van der Waals surface area contributed by atoms with Crippen molar-refractivity contribution in [1.29, 1.82) is 0 Å². The number of hydrogen-bond acceptors (Lipinski definition) is 5. The lowest BCUT2D eigenvalue weighted by atomic mass is 10.0. The van der Waals surface area contributed by atoms with E-state index in [0.29, 0.717) is 28.7 Å². The number of ketones is 1. The summed E-state index contributed by atoms with van der Waals surface area (Å²) in [7, 11) is -2.08. The zero-order valence-corrected chi connectivity index (χ0v) is 18.0. The van der Waals surface area contributed by atoms with E-state index in [9.17, 15) is 17.6 Å². The Hall–Kier alpha value is -3.60. The topological polar surface area (TPSA) is 110 Å². The van der Waals surface area contributed by atoms with Crippen molar-refractivity contribution in [2.45, 2.75) is 13.3 Å². The lowest BCUT2D eigenvalue weighted by molar-refractivity contribution is 0.103. The first kappa shape index (κ1) is 21.6. The van der Waals surface area contributed by atoms with Crippen LogP contribution in [0.1, 0.15) is 29.3 Å². The minimum Gasteiger partial charge on any atom is -0.345 e. The van der Waals surface area contributed by atoms with Crippen LogP contribution in [0.4, 0.5) is 14.5 Å². The van der Waals surface area contributed by atoms with Gasteiger partial charge in [-0.3, -0.25) is 14.2 Å². The van der Waals surface area contributed by atoms with Crippen molar-refractivity contribution < 1.29 is 22.0 Å². The molecule has 0 bridgehead atoms. The molecule has 4 aromatic rings. The maximum Gasteiger partial charge on any atom is 0.232 e. The number of nitrogens with one attached hydrogen (secondary N) is 2. The Morgan fingerprint density at radius 1 is 1.25 bits per heavy atom. The predicted octanol–water partition coefficient (Wildman–Crippen LogP) is 3.62. The highest BCUT2D eigenvalue weighted by molar-refractivity contribution is 7.92. The van der Waals surface area contributed by atoms with Gasteiger partial charge in [-0.1, -0.05) is 6.92 Å². The normalized spacial score (nSPS) is 11.8. The molecule has 2 N–H and O–H groups in total. The van der Waals surface area contributed by atoms with Gasteiger partial charge in [-0.15, -0.1) is 0 Å². The Bertz CT molecular complexity index is 1440. The number of sulfonamides is 1. The number of fused-ring (bicyclic) bond motifs is 1. The van der Waals surface area contributed by atoms with Crippen molar-refractivity contribution in [2.24, 2.45) is 7.05 Å². The summed E-state index contributed by atoms with van der Waals surface area (Å²) in [6.45, 7) is 1.65. The summed E-state index contributed by atoms with van der Waals surface area (Å²) in [5.41, 5.74) is 0.242. The number of rotatable bonds is 7. The highest BCUT2D eigenvalue weighted by Gasteiger charge is 2.26. The number of carbonyl (C=O) groups is 1. The standard InChI is InChI=1S/C21H19F2N5O3S/c1-3-8-32(30,31)27-17-5-4-15(22)18(19(17)23)20(29)14-11-25-21-13(14)9-12(10-24-21)16-6-7-28(2)26-16/h4-7,9-11,27H,3,8H2,1-2H3,(H,24,25). The van der Waals surface area contributed by atoms with E-state index in [1.54, 1.807) is 43.2 Å². The second-order valence-corrected chi connectivity index (χ2v) is 9.07. The fourth-order valence-corrected chi connectivity index (χ4v) is 4.49. The van der Waals surface area contributed by atoms with Crippen molar-refractivity contribution in [2.75, 3.05) is 10.5 Å². The third kappa shape index (κ3) is 3.98. The van der Waals surface area contributed by atoms with E-state index < -0.39 is 38.7 Å². The summed E-state index contributed by atoms with van der Waals surface area (Å²) >= 11 is 0. The summed E-state index contributed by atoms with van der Waals surface area (Å²) in [6, 6.07) is 5.22. The zero-order chi connectivity index (χ0) is 23.0. The number of pyridine rings is 1. The number of halogens is 2. The maximum absolute atomic E-state index is 15.1.